The second-order valence-corrected chi connectivity index (χ2v) is 29.4. The normalized spacial score (nSPS) is 14.3. The number of rotatable bonds is 52. The maximum atomic E-state index is 14.7. The van der Waals surface area contributed by atoms with Crippen LogP contribution < -0.4 is 90.8 Å². The number of nitrogens with one attached hydrogen (secondary N) is 17. The van der Waals surface area contributed by atoms with Gasteiger partial charge in [0.05, 0.1) is 59.2 Å². The molecule has 0 aliphatic carbocycles. The molecule has 0 spiro atoms. The number of carbonyl (C=O) groups excluding carboxylic acids is 16. The van der Waals surface area contributed by atoms with Gasteiger partial charge in [-0.2, -0.15) is 0 Å². The number of phenolic OH excluding ortho intramolecular Hbond substituents is 1. The number of carbonyl (C=O) groups is 18. The molecule has 44 nitrogen and oxygen atoms in total. The van der Waals surface area contributed by atoms with Crippen LogP contribution in [-0.4, -0.2) is 290 Å². The van der Waals surface area contributed by atoms with Crippen molar-refractivity contribution in [3.8, 4) is 5.75 Å². The van der Waals surface area contributed by atoms with Crippen molar-refractivity contribution in [3.63, 3.8) is 0 Å². The van der Waals surface area contributed by atoms with E-state index >= 15 is 0 Å². The highest BCUT2D eigenvalue weighted by atomic mass is 16.4. The summed E-state index contributed by atoms with van der Waals surface area (Å²) in [5.41, 5.74) is 7.95. The molecule has 13 atom stereocenters. The van der Waals surface area contributed by atoms with E-state index in [0.29, 0.717) is 16.7 Å². The van der Waals surface area contributed by atoms with E-state index in [0.717, 1.165) is 10.9 Å². The van der Waals surface area contributed by atoms with Crippen LogP contribution in [0, 0.1) is 17.8 Å². The lowest BCUT2D eigenvalue weighted by Gasteiger charge is -2.29. The Morgan fingerprint density at radius 2 is 0.736 bits per heavy atom. The predicted octanol–water partition coefficient (Wildman–Crippen LogP) is -8.81. The number of carboxylic acid groups (broad SMARTS) is 2. The van der Waals surface area contributed by atoms with Gasteiger partial charge in [0.25, 0.3) is 0 Å². The third kappa shape index (κ3) is 35.0. The molecule has 0 saturated carbocycles. The van der Waals surface area contributed by atoms with Crippen molar-refractivity contribution in [1.29, 1.82) is 0 Å². The summed E-state index contributed by atoms with van der Waals surface area (Å²) < 4.78 is 0. The van der Waals surface area contributed by atoms with Crippen molar-refractivity contribution < 1.29 is 127 Å². The first-order valence-corrected chi connectivity index (χ1v) is 38.5. The molecule has 0 unspecified atom stereocenters. The Hall–Kier alpha value is -12.8. The van der Waals surface area contributed by atoms with Crippen LogP contribution in [0.15, 0.2) is 85.1 Å². The molecule has 0 aliphatic heterocycles. The van der Waals surface area contributed by atoms with E-state index in [-0.39, 0.29) is 49.7 Å². The first-order chi connectivity index (χ1) is 57.2. The van der Waals surface area contributed by atoms with Crippen molar-refractivity contribution in [3.05, 3.63) is 102 Å². The van der Waals surface area contributed by atoms with Crippen molar-refractivity contribution >= 4 is 117 Å². The standard InChI is InChI=1S/C77H110N18O26/c1-38(2)23-50(91-71(114)49(21-22-63(106)107)89-75(118)53(26-43-17-19-45(101)20-18-43)94-76(119)64(40(5)6)95-65(108)41(7)84-72(115)54(90-66(109)47(78)33-96)27-44-28-79-48-16-12-11-15-46(44)48)73(116)92-51(24-39(3)4)74(117)93-52(25-42-13-9-8-10-14-42)67(110)80-29-59(102)85-55(34-97)68(111)81-30-60(103)86-56(35-98)69(112)82-31-61(104)87-57(36-99)70(113)83-32-62(105)88-58(37-100)77(120)121/h8-20,28,38-41,47,49-58,64,79,96-101H,21-27,29-37,78H2,1-7H3,(H,80,110)(H,81,111)(H,82,112)(H,83,113)(H,84,115)(H,85,102)(H,86,103)(H,87,104)(H,88,105)(H,89,118)(H,90,109)(H,91,114)(H,92,116)(H,93,117)(H,94,119)(H,95,108)(H,106,107)(H,120,121)/t41-,47-,49-,50-,51-,52-,53-,54-,55-,56-,57-,58-,64-/m0/s1. The zero-order chi connectivity index (χ0) is 90.3. The van der Waals surface area contributed by atoms with Crippen LogP contribution in [0.3, 0.4) is 0 Å². The number of hydrogen-bond acceptors (Lipinski definition) is 25. The quantitative estimate of drug-likeness (QED) is 0.0195. The number of para-hydroxylation sites is 1. The van der Waals surface area contributed by atoms with E-state index < -0.39 is 263 Å². The summed E-state index contributed by atoms with van der Waals surface area (Å²) in [6, 6.07) is 0.341. The van der Waals surface area contributed by atoms with Crippen LogP contribution in [0.4, 0.5) is 0 Å². The highest BCUT2D eigenvalue weighted by molar-refractivity contribution is 6.01. The molecule has 1 aromatic heterocycles. The molecule has 44 heteroatoms. The van der Waals surface area contributed by atoms with Crippen molar-refractivity contribution in [2.75, 3.05) is 59.2 Å². The van der Waals surface area contributed by atoms with Crippen molar-refractivity contribution in [2.45, 2.75) is 172 Å². The van der Waals surface area contributed by atoms with Gasteiger partial charge in [0, 0.05) is 42.8 Å². The van der Waals surface area contributed by atoms with Crippen molar-refractivity contribution in [1.82, 2.24) is 90.1 Å². The molecule has 3 aromatic carbocycles. The third-order valence-electron chi connectivity index (χ3n) is 18.2. The van der Waals surface area contributed by atoms with Crippen LogP contribution >= 0.6 is 0 Å². The number of H-pyrrole nitrogens is 1. The maximum absolute atomic E-state index is 14.7. The SMILES string of the molecule is CC(C)C[C@H](NC(=O)[C@H](CC(C)C)NC(=O)[C@H](CCC(=O)O)NC(=O)[C@H](Cc1ccc(O)cc1)NC(=O)[C@@H](NC(=O)[C@H](C)NC(=O)[C@H](Cc1c[nH]c2ccccc12)NC(=O)[C@@H](N)CO)C(C)C)C(=O)N[C@@H](Cc1ccccc1)C(=O)NCC(=O)N[C@@H](CO)C(=O)NCC(=O)N[C@@H](CO)C(=O)NCC(=O)N[C@@H](CO)C(=O)NCC(=O)N[C@@H](CO)C(=O)O. The topological polar surface area (TPSA) is 703 Å². The summed E-state index contributed by atoms with van der Waals surface area (Å²) >= 11 is 0. The molecular weight excluding hydrogens is 1590 g/mol. The average Bonchev–Trinajstić information content (AvgIpc) is 1.63. The molecule has 121 heavy (non-hydrogen) atoms. The van der Waals surface area contributed by atoms with Crippen LogP contribution in [0.2, 0.25) is 0 Å². The molecule has 0 radical (unpaired) electrons. The molecule has 0 saturated heterocycles. The zero-order valence-corrected chi connectivity index (χ0v) is 67.6. The smallest absolute Gasteiger partial charge is 0.328 e. The lowest BCUT2D eigenvalue weighted by Crippen LogP contribution is -2.61. The van der Waals surface area contributed by atoms with E-state index in [2.05, 4.69) is 74.1 Å². The van der Waals surface area contributed by atoms with Gasteiger partial charge in [-0.1, -0.05) is 102 Å². The van der Waals surface area contributed by atoms with Gasteiger partial charge in [0.1, 0.15) is 84.3 Å². The van der Waals surface area contributed by atoms with Gasteiger partial charge >= 0.3 is 11.9 Å². The fourth-order valence-corrected chi connectivity index (χ4v) is 11.6. The van der Waals surface area contributed by atoms with Crippen LogP contribution in [0.1, 0.15) is 90.8 Å². The predicted molar refractivity (Wildman–Crippen MR) is 426 cm³/mol. The van der Waals surface area contributed by atoms with E-state index in [1.807, 2.05) is 16.0 Å². The summed E-state index contributed by atoms with van der Waals surface area (Å²) in [6.07, 6.45) is -0.570. The van der Waals surface area contributed by atoms with Crippen molar-refractivity contribution in [2.24, 2.45) is 23.5 Å². The highest BCUT2D eigenvalue weighted by Crippen LogP contribution is 2.21. The monoisotopic (exact) mass is 1700 g/mol. The minimum absolute atomic E-state index is 0.0916. The van der Waals surface area contributed by atoms with Gasteiger partial charge in [-0.25, -0.2) is 4.79 Å². The van der Waals surface area contributed by atoms with Gasteiger partial charge < -0.3 is 137 Å². The number of benzene rings is 3. The molecule has 664 valence electrons. The van der Waals surface area contributed by atoms with Gasteiger partial charge in [0.15, 0.2) is 0 Å². The van der Waals surface area contributed by atoms with E-state index in [1.165, 1.54) is 31.2 Å². The van der Waals surface area contributed by atoms with E-state index in [1.54, 1.807) is 102 Å². The number of hydrogen-bond donors (Lipinski definition) is 26. The minimum Gasteiger partial charge on any atom is -0.508 e. The Labute approximate surface area is 694 Å². The number of fused-ring (bicyclic) bond motifs is 1. The number of phenols is 1. The fourth-order valence-electron chi connectivity index (χ4n) is 11.6. The lowest BCUT2D eigenvalue weighted by molar-refractivity contribution is -0.143. The summed E-state index contributed by atoms with van der Waals surface area (Å²) in [5.74, 6) is -21.0. The number of aliphatic hydroxyl groups is 5. The molecule has 0 aliphatic rings. The molecule has 16 amide bonds. The molecule has 1 heterocycles. The van der Waals surface area contributed by atoms with Crippen LogP contribution in [0.25, 0.3) is 10.9 Å². The van der Waals surface area contributed by atoms with Gasteiger partial charge in [-0.15, -0.1) is 0 Å². The summed E-state index contributed by atoms with van der Waals surface area (Å²) in [4.78, 5) is 243. The van der Waals surface area contributed by atoms with Gasteiger partial charge in [-0.05, 0) is 78.8 Å². The molecular formula is C77H110N18O26. The summed E-state index contributed by atoms with van der Waals surface area (Å²) in [5, 5.41) is 115. The molecule has 4 aromatic rings. The number of aromatic hydroxyl groups is 1. The Morgan fingerprint density at radius 1 is 0.364 bits per heavy atom. The first kappa shape index (κ1) is 101. The number of aliphatic carboxylic acids is 2. The molecule has 4 rings (SSSR count). The van der Waals surface area contributed by atoms with Crippen LogP contribution in [0.5, 0.6) is 5.75 Å². The fraction of sp³-hybridized carbons (Fsp3) is 0.506. The third-order valence-corrected chi connectivity index (χ3v) is 18.2. The number of carboxylic acids is 2. The number of aromatic amines is 1. The lowest BCUT2D eigenvalue weighted by atomic mass is 9.98. The first-order valence-electron chi connectivity index (χ1n) is 38.5. The number of nitrogens with two attached hydrogens (primary N) is 1. The van der Waals surface area contributed by atoms with Crippen LogP contribution in [-0.2, 0) is 106 Å². The molecule has 0 bridgehead atoms. The highest BCUT2D eigenvalue weighted by Gasteiger charge is 2.38. The zero-order valence-electron chi connectivity index (χ0n) is 67.6. The largest absolute Gasteiger partial charge is 0.508 e. The molecule has 0 fully saturated rings. The summed E-state index contributed by atoms with van der Waals surface area (Å²) in [6.45, 7) is 2.72. The average molecular weight is 1700 g/mol. The van der Waals surface area contributed by atoms with E-state index in [9.17, 15) is 117 Å². The van der Waals surface area contributed by atoms with Gasteiger partial charge in [0.2, 0.25) is 94.5 Å². The summed E-state index contributed by atoms with van der Waals surface area (Å²) in [7, 11) is 0. The Kier molecular flexibility index (Phi) is 42.3. The Bertz CT molecular complexity index is 4240. The number of aliphatic hydroxyl groups excluding tert-OH is 5. The minimum atomic E-state index is -1.79. The van der Waals surface area contributed by atoms with Gasteiger partial charge in [-0.3, -0.25) is 81.5 Å². The molecule has 27 N–H and O–H groups in total. The number of aromatic nitrogens is 1. The maximum Gasteiger partial charge on any atom is 0.328 e. The number of amides is 16. The van der Waals surface area contributed by atoms with E-state index in [4.69, 9.17) is 15.9 Å². The second-order valence-electron chi connectivity index (χ2n) is 29.4. The Balaban J connectivity index is 1.45. The second kappa shape index (κ2) is 50.9. The Morgan fingerprint density at radius 3 is 1.17 bits per heavy atom.